The zero-order valence-electron chi connectivity index (χ0n) is 11.2. The van der Waals surface area contributed by atoms with Crippen molar-refractivity contribution in [2.75, 3.05) is 5.32 Å². The Kier molecular flexibility index (Phi) is 3.52. The summed E-state index contributed by atoms with van der Waals surface area (Å²) in [6, 6.07) is 3.81. The van der Waals surface area contributed by atoms with Crippen LogP contribution < -0.4 is 10.1 Å². The van der Waals surface area contributed by atoms with Crippen molar-refractivity contribution in [3.63, 3.8) is 0 Å². The van der Waals surface area contributed by atoms with Gasteiger partial charge in [0.2, 0.25) is 0 Å². The molecule has 1 saturated carbocycles. The molecule has 1 aromatic carbocycles. The van der Waals surface area contributed by atoms with Gasteiger partial charge in [-0.25, -0.2) is 0 Å². The maximum atomic E-state index is 12.7. The Morgan fingerprint density at radius 3 is 2.55 bits per heavy atom. The average Bonchev–Trinajstić information content (AvgIpc) is 2.37. The first-order valence-electron chi connectivity index (χ1n) is 7.18. The molecule has 2 atom stereocenters. The zero-order chi connectivity index (χ0) is 14.2. The Morgan fingerprint density at radius 2 is 1.80 bits per heavy atom. The summed E-state index contributed by atoms with van der Waals surface area (Å²) in [7, 11) is 0. The second-order valence-electron chi connectivity index (χ2n) is 5.61. The molecule has 0 bridgehead atoms. The third-order valence-electron chi connectivity index (χ3n) is 4.13. The van der Waals surface area contributed by atoms with Crippen molar-refractivity contribution in [3.8, 4) is 5.75 Å². The van der Waals surface area contributed by atoms with E-state index in [1.807, 2.05) is 0 Å². The first-order chi connectivity index (χ1) is 9.54. The molecule has 5 heteroatoms. The number of alkyl halides is 3. The van der Waals surface area contributed by atoms with E-state index < -0.39 is 11.7 Å². The van der Waals surface area contributed by atoms with Gasteiger partial charge in [-0.05, 0) is 37.5 Å². The van der Waals surface area contributed by atoms with Crippen molar-refractivity contribution in [1.82, 2.24) is 0 Å². The van der Waals surface area contributed by atoms with E-state index in [-0.39, 0.29) is 12.1 Å². The van der Waals surface area contributed by atoms with E-state index in [1.165, 1.54) is 18.9 Å². The maximum absolute atomic E-state index is 12.7. The summed E-state index contributed by atoms with van der Waals surface area (Å²) in [5.74, 6) is 0.542. The molecular formula is C15H18F3NO. The monoisotopic (exact) mass is 285 g/mol. The van der Waals surface area contributed by atoms with Crippen molar-refractivity contribution in [2.24, 2.45) is 0 Å². The largest absolute Gasteiger partial charge is 0.486 e. The zero-order valence-corrected chi connectivity index (χ0v) is 11.2. The van der Waals surface area contributed by atoms with E-state index in [1.54, 1.807) is 0 Å². The molecule has 0 spiro atoms. The number of ether oxygens (including phenoxy) is 1. The Labute approximate surface area is 116 Å². The highest BCUT2D eigenvalue weighted by Gasteiger charge is 2.34. The SMILES string of the molecule is FC(F)(F)c1ccc2c(c1)NC1CCCCCCC1O2. The molecule has 1 aliphatic heterocycles. The number of benzene rings is 1. The highest BCUT2D eigenvalue weighted by molar-refractivity contribution is 5.60. The third kappa shape index (κ3) is 2.72. The number of hydrogen-bond donors (Lipinski definition) is 1. The van der Waals surface area contributed by atoms with E-state index in [9.17, 15) is 13.2 Å². The average molecular weight is 285 g/mol. The number of nitrogens with one attached hydrogen (secondary N) is 1. The molecule has 0 amide bonds. The maximum Gasteiger partial charge on any atom is 0.416 e. The molecule has 2 aliphatic rings. The van der Waals surface area contributed by atoms with Crippen LogP contribution in [0.5, 0.6) is 5.75 Å². The van der Waals surface area contributed by atoms with Gasteiger partial charge in [-0.2, -0.15) is 13.2 Å². The lowest BCUT2D eigenvalue weighted by Gasteiger charge is -2.36. The summed E-state index contributed by atoms with van der Waals surface area (Å²) in [5.41, 5.74) is -0.154. The van der Waals surface area contributed by atoms with Gasteiger partial charge in [0.05, 0.1) is 17.3 Å². The van der Waals surface area contributed by atoms with Gasteiger partial charge in [0, 0.05) is 0 Å². The summed E-state index contributed by atoms with van der Waals surface area (Å²) in [4.78, 5) is 0. The second-order valence-corrected chi connectivity index (χ2v) is 5.61. The fraction of sp³-hybridized carbons (Fsp3) is 0.600. The van der Waals surface area contributed by atoms with Crippen LogP contribution in [-0.2, 0) is 6.18 Å². The van der Waals surface area contributed by atoms with Crippen molar-refractivity contribution in [2.45, 2.75) is 56.8 Å². The van der Waals surface area contributed by atoms with Gasteiger partial charge in [0.1, 0.15) is 11.9 Å². The second kappa shape index (κ2) is 5.19. The lowest BCUT2D eigenvalue weighted by Crippen LogP contribution is -2.42. The smallest absolute Gasteiger partial charge is 0.416 e. The van der Waals surface area contributed by atoms with Crippen molar-refractivity contribution in [3.05, 3.63) is 23.8 Å². The summed E-state index contributed by atoms with van der Waals surface area (Å²) in [5, 5.41) is 3.25. The minimum Gasteiger partial charge on any atom is -0.486 e. The van der Waals surface area contributed by atoms with Crippen LogP contribution in [0.1, 0.15) is 44.1 Å². The summed E-state index contributed by atoms with van der Waals surface area (Å²) in [6.45, 7) is 0. The summed E-state index contributed by atoms with van der Waals surface area (Å²) < 4.78 is 44.1. The molecule has 0 aromatic heterocycles. The van der Waals surface area contributed by atoms with Crippen LogP contribution in [0.4, 0.5) is 18.9 Å². The van der Waals surface area contributed by atoms with E-state index in [4.69, 9.17) is 4.74 Å². The van der Waals surface area contributed by atoms with Gasteiger partial charge in [0.15, 0.2) is 0 Å². The van der Waals surface area contributed by atoms with Gasteiger partial charge < -0.3 is 10.1 Å². The first-order valence-corrected chi connectivity index (χ1v) is 7.18. The molecule has 2 unspecified atom stereocenters. The lowest BCUT2D eigenvalue weighted by atomic mass is 9.92. The number of fused-ring (bicyclic) bond motifs is 2. The van der Waals surface area contributed by atoms with Crippen LogP contribution in [0.3, 0.4) is 0 Å². The van der Waals surface area contributed by atoms with E-state index in [0.29, 0.717) is 11.4 Å². The predicted molar refractivity (Wildman–Crippen MR) is 71.0 cm³/mol. The predicted octanol–water partition coefficient (Wildman–Crippen LogP) is 4.60. The topological polar surface area (TPSA) is 21.3 Å². The molecule has 1 fully saturated rings. The van der Waals surface area contributed by atoms with Crippen LogP contribution in [-0.4, -0.2) is 12.1 Å². The molecule has 0 saturated heterocycles. The summed E-state index contributed by atoms with van der Waals surface area (Å²) >= 11 is 0. The first kappa shape index (κ1) is 13.6. The van der Waals surface area contributed by atoms with Crippen molar-refractivity contribution in [1.29, 1.82) is 0 Å². The fourth-order valence-corrected chi connectivity index (χ4v) is 3.04. The molecule has 1 aromatic rings. The highest BCUT2D eigenvalue weighted by atomic mass is 19.4. The molecule has 1 aliphatic carbocycles. The minimum absolute atomic E-state index is 0.0829. The molecule has 0 radical (unpaired) electrons. The van der Waals surface area contributed by atoms with Crippen LogP contribution in [0.25, 0.3) is 0 Å². The molecule has 2 nitrogen and oxygen atoms in total. The van der Waals surface area contributed by atoms with E-state index >= 15 is 0 Å². The number of anilines is 1. The van der Waals surface area contributed by atoms with Gasteiger partial charge in [-0.15, -0.1) is 0 Å². The van der Waals surface area contributed by atoms with Gasteiger partial charge >= 0.3 is 6.18 Å². The Balaban J connectivity index is 1.85. The molecule has 110 valence electrons. The standard InChI is InChI=1S/C15H18F3NO/c16-15(17,18)10-7-8-14-12(9-10)19-11-5-3-1-2-4-6-13(11)20-14/h7-9,11,13,19H,1-6H2. The molecule has 3 rings (SSSR count). The van der Waals surface area contributed by atoms with Crippen LogP contribution in [0.2, 0.25) is 0 Å². The van der Waals surface area contributed by atoms with E-state index in [2.05, 4.69) is 5.32 Å². The van der Waals surface area contributed by atoms with Gasteiger partial charge in [0.25, 0.3) is 0 Å². The molecule has 20 heavy (non-hydrogen) atoms. The minimum atomic E-state index is -4.31. The molecule has 1 N–H and O–H groups in total. The van der Waals surface area contributed by atoms with Crippen LogP contribution in [0.15, 0.2) is 18.2 Å². The van der Waals surface area contributed by atoms with Crippen molar-refractivity contribution >= 4 is 5.69 Å². The van der Waals surface area contributed by atoms with Crippen molar-refractivity contribution < 1.29 is 17.9 Å². The molecular weight excluding hydrogens is 267 g/mol. The number of hydrogen-bond acceptors (Lipinski definition) is 2. The molecule has 1 heterocycles. The Morgan fingerprint density at radius 1 is 1.05 bits per heavy atom. The Hall–Kier alpha value is -1.39. The summed E-state index contributed by atoms with van der Waals surface area (Å²) in [6.07, 6.45) is 2.34. The van der Waals surface area contributed by atoms with Gasteiger partial charge in [-0.1, -0.05) is 19.3 Å². The third-order valence-corrected chi connectivity index (χ3v) is 4.13. The number of halogens is 3. The van der Waals surface area contributed by atoms with Gasteiger partial charge in [-0.3, -0.25) is 0 Å². The Bertz CT molecular complexity index is 486. The fourth-order valence-electron chi connectivity index (χ4n) is 3.04. The highest BCUT2D eigenvalue weighted by Crippen LogP contribution is 2.39. The normalized spacial score (nSPS) is 26.4. The lowest BCUT2D eigenvalue weighted by molar-refractivity contribution is -0.137. The van der Waals surface area contributed by atoms with E-state index in [0.717, 1.165) is 37.8 Å². The number of rotatable bonds is 0. The van der Waals surface area contributed by atoms with Crippen LogP contribution in [0, 0.1) is 0 Å². The van der Waals surface area contributed by atoms with Crippen LogP contribution >= 0.6 is 0 Å². The quantitative estimate of drug-likeness (QED) is 0.752.